The highest BCUT2D eigenvalue weighted by molar-refractivity contribution is 5.96. The molecule has 2 N–H and O–H groups in total. The maximum absolute atomic E-state index is 13.3. The second-order valence-electron chi connectivity index (χ2n) is 8.02. The lowest BCUT2D eigenvalue weighted by atomic mass is 9.85. The SMILES string of the molecule is CCCCCNC(=O)C[C@H]1COCCN1C(=O)c1cn[nH]c1C1CCCCC1. The van der Waals surface area contributed by atoms with Crippen LogP contribution in [0.3, 0.4) is 0 Å². The lowest BCUT2D eigenvalue weighted by molar-refractivity contribution is -0.123. The van der Waals surface area contributed by atoms with Gasteiger partial charge in [-0.15, -0.1) is 0 Å². The number of rotatable bonds is 8. The van der Waals surface area contributed by atoms with Crippen molar-refractivity contribution in [1.82, 2.24) is 20.4 Å². The number of morpholine rings is 1. The van der Waals surface area contributed by atoms with Gasteiger partial charge in [0.15, 0.2) is 0 Å². The van der Waals surface area contributed by atoms with Gasteiger partial charge >= 0.3 is 0 Å². The zero-order valence-electron chi connectivity index (χ0n) is 17.0. The van der Waals surface area contributed by atoms with Crippen molar-refractivity contribution < 1.29 is 14.3 Å². The summed E-state index contributed by atoms with van der Waals surface area (Å²) in [7, 11) is 0. The Hall–Kier alpha value is -1.89. The number of unbranched alkanes of at least 4 members (excludes halogenated alkanes) is 2. The van der Waals surface area contributed by atoms with Crippen molar-refractivity contribution in [1.29, 1.82) is 0 Å². The first-order valence-electron chi connectivity index (χ1n) is 10.9. The Bertz CT molecular complexity index is 639. The number of nitrogens with zero attached hydrogens (tertiary/aromatic N) is 2. The van der Waals surface area contributed by atoms with Crippen LogP contribution in [0.5, 0.6) is 0 Å². The van der Waals surface area contributed by atoms with Crippen molar-refractivity contribution in [3.8, 4) is 0 Å². The molecule has 7 nitrogen and oxygen atoms in total. The number of hydrogen-bond donors (Lipinski definition) is 2. The molecule has 2 aliphatic rings. The van der Waals surface area contributed by atoms with E-state index in [0.29, 0.717) is 37.8 Å². The number of H-pyrrole nitrogens is 1. The number of carbonyl (C=O) groups is 2. The largest absolute Gasteiger partial charge is 0.377 e. The summed E-state index contributed by atoms with van der Waals surface area (Å²) in [5.41, 5.74) is 1.64. The van der Waals surface area contributed by atoms with E-state index in [-0.39, 0.29) is 24.3 Å². The molecule has 1 aliphatic carbocycles. The highest BCUT2D eigenvalue weighted by Gasteiger charge is 2.33. The first kappa shape index (κ1) is 20.8. The molecular weight excluding hydrogens is 356 g/mol. The van der Waals surface area contributed by atoms with Crippen molar-refractivity contribution in [2.75, 3.05) is 26.3 Å². The molecule has 2 heterocycles. The molecule has 1 saturated heterocycles. The van der Waals surface area contributed by atoms with E-state index >= 15 is 0 Å². The van der Waals surface area contributed by atoms with E-state index in [4.69, 9.17) is 4.74 Å². The van der Waals surface area contributed by atoms with E-state index in [1.165, 1.54) is 19.3 Å². The summed E-state index contributed by atoms with van der Waals surface area (Å²) in [6.07, 6.45) is 11.1. The molecule has 1 aliphatic heterocycles. The molecule has 0 radical (unpaired) electrons. The van der Waals surface area contributed by atoms with Crippen molar-refractivity contribution >= 4 is 11.8 Å². The monoisotopic (exact) mass is 390 g/mol. The van der Waals surface area contributed by atoms with Crippen LogP contribution in [0.2, 0.25) is 0 Å². The van der Waals surface area contributed by atoms with E-state index in [1.807, 2.05) is 4.90 Å². The number of aromatic nitrogens is 2. The minimum Gasteiger partial charge on any atom is -0.377 e. The fraction of sp³-hybridized carbons (Fsp3) is 0.762. The third-order valence-corrected chi connectivity index (χ3v) is 5.92. The zero-order chi connectivity index (χ0) is 19.8. The fourth-order valence-corrected chi connectivity index (χ4v) is 4.30. The van der Waals surface area contributed by atoms with Crippen LogP contribution in [0.1, 0.15) is 86.7 Å². The van der Waals surface area contributed by atoms with Gasteiger partial charge in [0, 0.05) is 25.4 Å². The highest BCUT2D eigenvalue weighted by atomic mass is 16.5. The minimum atomic E-state index is -0.221. The molecule has 3 rings (SSSR count). The average Bonchev–Trinajstić information content (AvgIpc) is 3.22. The van der Waals surface area contributed by atoms with Gasteiger partial charge in [-0.05, 0) is 19.3 Å². The molecule has 2 fully saturated rings. The quantitative estimate of drug-likeness (QED) is 0.668. The first-order valence-corrected chi connectivity index (χ1v) is 10.9. The maximum atomic E-state index is 13.3. The van der Waals surface area contributed by atoms with Crippen LogP contribution in [0.4, 0.5) is 0 Å². The summed E-state index contributed by atoms with van der Waals surface area (Å²) in [5.74, 6) is 0.349. The summed E-state index contributed by atoms with van der Waals surface area (Å²) >= 11 is 0. The second-order valence-corrected chi connectivity index (χ2v) is 8.02. The van der Waals surface area contributed by atoms with Gasteiger partial charge in [-0.25, -0.2) is 0 Å². The third-order valence-electron chi connectivity index (χ3n) is 5.92. The lowest BCUT2D eigenvalue weighted by Crippen LogP contribution is -2.50. The van der Waals surface area contributed by atoms with Crippen LogP contribution in [0.15, 0.2) is 6.20 Å². The van der Waals surface area contributed by atoms with Gasteiger partial charge < -0.3 is 15.0 Å². The summed E-state index contributed by atoms with van der Waals surface area (Å²) in [6, 6.07) is -0.221. The van der Waals surface area contributed by atoms with Gasteiger partial charge in [0.25, 0.3) is 5.91 Å². The Kier molecular flexibility index (Phi) is 7.89. The molecule has 1 aromatic rings. The molecule has 7 heteroatoms. The number of hydrogen-bond acceptors (Lipinski definition) is 4. The van der Waals surface area contributed by atoms with Crippen LogP contribution < -0.4 is 5.32 Å². The molecule has 0 bridgehead atoms. The predicted molar refractivity (Wildman–Crippen MR) is 107 cm³/mol. The van der Waals surface area contributed by atoms with Gasteiger partial charge in [-0.2, -0.15) is 5.10 Å². The van der Waals surface area contributed by atoms with Crippen molar-refractivity contribution in [3.05, 3.63) is 17.5 Å². The Morgan fingerprint density at radius 3 is 2.89 bits per heavy atom. The third kappa shape index (κ3) is 5.34. The van der Waals surface area contributed by atoms with E-state index in [1.54, 1.807) is 6.20 Å². The van der Waals surface area contributed by atoms with Gasteiger partial charge in [0.1, 0.15) is 0 Å². The Labute approximate surface area is 167 Å². The van der Waals surface area contributed by atoms with E-state index in [0.717, 1.165) is 37.8 Å². The van der Waals surface area contributed by atoms with Crippen LogP contribution in [-0.2, 0) is 9.53 Å². The summed E-state index contributed by atoms with van der Waals surface area (Å²) < 4.78 is 5.57. The number of aromatic amines is 1. The lowest BCUT2D eigenvalue weighted by Gasteiger charge is -2.35. The molecule has 1 atom stereocenters. The summed E-state index contributed by atoms with van der Waals surface area (Å²) in [5, 5.41) is 10.2. The Morgan fingerprint density at radius 1 is 1.29 bits per heavy atom. The van der Waals surface area contributed by atoms with Crippen LogP contribution >= 0.6 is 0 Å². The molecule has 0 spiro atoms. The Balaban J connectivity index is 1.63. The van der Waals surface area contributed by atoms with Crippen LogP contribution in [0.25, 0.3) is 0 Å². The molecule has 156 valence electrons. The molecule has 0 aromatic carbocycles. The topological polar surface area (TPSA) is 87.3 Å². The minimum absolute atomic E-state index is 0.0101. The van der Waals surface area contributed by atoms with E-state index in [2.05, 4.69) is 22.4 Å². The van der Waals surface area contributed by atoms with Gasteiger partial charge in [0.05, 0.1) is 36.7 Å². The number of nitrogens with one attached hydrogen (secondary N) is 2. The van der Waals surface area contributed by atoms with Crippen molar-refractivity contribution in [2.24, 2.45) is 0 Å². The van der Waals surface area contributed by atoms with E-state index in [9.17, 15) is 9.59 Å². The number of carbonyl (C=O) groups excluding carboxylic acids is 2. The first-order chi connectivity index (χ1) is 13.7. The normalized spacial score (nSPS) is 20.9. The van der Waals surface area contributed by atoms with Crippen molar-refractivity contribution in [3.63, 3.8) is 0 Å². The van der Waals surface area contributed by atoms with Gasteiger partial charge in [0.2, 0.25) is 5.91 Å². The summed E-state index contributed by atoms with van der Waals surface area (Å²) in [4.78, 5) is 27.4. The molecule has 28 heavy (non-hydrogen) atoms. The van der Waals surface area contributed by atoms with E-state index < -0.39 is 0 Å². The standard InChI is InChI=1S/C21H34N4O3/c1-2-3-7-10-22-19(26)13-17-15-28-12-11-25(17)21(27)18-14-23-24-20(18)16-8-5-4-6-9-16/h14,16-17H,2-13,15H2,1H3,(H,22,26)(H,23,24)/t17-/m0/s1. The highest BCUT2D eigenvalue weighted by Crippen LogP contribution is 2.33. The second kappa shape index (κ2) is 10.6. The average molecular weight is 391 g/mol. The molecular formula is C21H34N4O3. The smallest absolute Gasteiger partial charge is 0.257 e. The molecule has 0 unspecified atom stereocenters. The van der Waals surface area contributed by atoms with Gasteiger partial charge in [-0.1, -0.05) is 39.0 Å². The summed E-state index contributed by atoms with van der Waals surface area (Å²) in [6.45, 7) is 4.27. The maximum Gasteiger partial charge on any atom is 0.257 e. The zero-order valence-corrected chi connectivity index (χ0v) is 17.0. The number of ether oxygens (including phenoxy) is 1. The number of amides is 2. The molecule has 1 saturated carbocycles. The van der Waals surface area contributed by atoms with Crippen LogP contribution in [0, 0.1) is 0 Å². The Morgan fingerprint density at radius 2 is 2.11 bits per heavy atom. The predicted octanol–water partition coefficient (Wildman–Crippen LogP) is 2.99. The van der Waals surface area contributed by atoms with Crippen molar-refractivity contribution in [2.45, 2.75) is 76.7 Å². The fourth-order valence-electron chi connectivity index (χ4n) is 4.30. The van der Waals surface area contributed by atoms with Crippen LogP contribution in [-0.4, -0.2) is 59.3 Å². The van der Waals surface area contributed by atoms with Gasteiger partial charge in [-0.3, -0.25) is 14.7 Å². The molecule has 1 aromatic heterocycles. The molecule has 2 amide bonds.